The van der Waals surface area contributed by atoms with Crippen molar-refractivity contribution in [2.24, 2.45) is 0 Å². The Labute approximate surface area is 110 Å². The normalized spacial score (nSPS) is 16.9. The highest BCUT2D eigenvalue weighted by Crippen LogP contribution is 2.27. The van der Waals surface area contributed by atoms with Crippen LogP contribution in [0, 0.1) is 0 Å². The minimum absolute atomic E-state index is 0.365. The fourth-order valence-corrected chi connectivity index (χ4v) is 2.73. The SMILES string of the molecule is CCCC(=O)CCc1ccn(C2CCCCC2)n1. The van der Waals surface area contributed by atoms with E-state index in [2.05, 4.69) is 29.0 Å². The van der Waals surface area contributed by atoms with Crippen molar-refractivity contribution in [2.45, 2.75) is 70.8 Å². The summed E-state index contributed by atoms with van der Waals surface area (Å²) in [5.41, 5.74) is 1.07. The first kappa shape index (κ1) is 13.3. The molecule has 3 nitrogen and oxygen atoms in total. The van der Waals surface area contributed by atoms with E-state index in [1.54, 1.807) is 0 Å². The topological polar surface area (TPSA) is 34.9 Å². The van der Waals surface area contributed by atoms with Gasteiger partial charge >= 0.3 is 0 Å². The van der Waals surface area contributed by atoms with E-state index in [0.29, 0.717) is 24.7 Å². The predicted molar refractivity (Wildman–Crippen MR) is 72.6 cm³/mol. The van der Waals surface area contributed by atoms with Crippen LogP contribution in [0.2, 0.25) is 0 Å². The average molecular weight is 248 g/mol. The Bertz CT molecular complexity index is 378. The van der Waals surface area contributed by atoms with Crippen LogP contribution in [-0.2, 0) is 11.2 Å². The molecular weight excluding hydrogens is 224 g/mol. The van der Waals surface area contributed by atoms with Crippen molar-refractivity contribution in [2.75, 3.05) is 0 Å². The van der Waals surface area contributed by atoms with Crippen LogP contribution in [-0.4, -0.2) is 15.6 Å². The van der Waals surface area contributed by atoms with E-state index in [1.807, 2.05) is 0 Å². The summed E-state index contributed by atoms with van der Waals surface area (Å²) >= 11 is 0. The Morgan fingerprint density at radius 2 is 2.11 bits per heavy atom. The second-order valence-corrected chi connectivity index (χ2v) is 5.37. The van der Waals surface area contributed by atoms with Gasteiger partial charge in [0.05, 0.1) is 11.7 Å². The number of ketones is 1. The number of aryl methyl sites for hydroxylation is 1. The molecule has 1 fully saturated rings. The van der Waals surface area contributed by atoms with Gasteiger partial charge in [0, 0.05) is 19.0 Å². The van der Waals surface area contributed by atoms with Crippen LogP contribution in [0.15, 0.2) is 12.3 Å². The smallest absolute Gasteiger partial charge is 0.133 e. The minimum Gasteiger partial charge on any atom is -0.300 e. The van der Waals surface area contributed by atoms with Crippen molar-refractivity contribution in [3.8, 4) is 0 Å². The predicted octanol–water partition coefficient (Wildman–Crippen LogP) is 3.69. The second-order valence-electron chi connectivity index (χ2n) is 5.37. The lowest BCUT2D eigenvalue weighted by Crippen LogP contribution is -2.13. The number of Topliss-reactive ketones (excluding diaryl/α,β-unsaturated/α-hetero) is 1. The molecule has 0 aliphatic heterocycles. The summed E-state index contributed by atoms with van der Waals surface area (Å²) in [6.07, 6.45) is 11.8. The summed E-state index contributed by atoms with van der Waals surface area (Å²) in [6.45, 7) is 2.05. The molecule has 0 amide bonds. The summed E-state index contributed by atoms with van der Waals surface area (Å²) in [4.78, 5) is 11.5. The molecule has 1 heterocycles. The molecule has 0 atom stereocenters. The van der Waals surface area contributed by atoms with Gasteiger partial charge in [0.25, 0.3) is 0 Å². The molecule has 0 aromatic carbocycles. The van der Waals surface area contributed by atoms with Gasteiger partial charge in [0.2, 0.25) is 0 Å². The molecular formula is C15H24N2O. The Kier molecular flexibility index (Phi) is 4.97. The van der Waals surface area contributed by atoms with Gasteiger partial charge in [-0.2, -0.15) is 5.10 Å². The van der Waals surface area contributed by atoms with Crippen LogP contribution < -0.4 is 0 Å². The van der Waals surface area contributed by atoms with Crippen LogP contribution in [0.4, 0.5) is 0 Å². The van der Waals surface area contributed by atoms with Gasteiger partial charge in [-0.15, -0.1) is 0 Å². The van der Waals surface area contributed by atoms with Gasteiger partial charge in [-0.3, -0.25) is 9.48 Å². The van der Waals surface area contributed by atoms with Crippen molar-refractivity contribution in [1.29, 1.82) is 0 Å². The van der Waals surface area contributed by atoms with E-state index in [1.165, 1.54) is 32.1 Å². The molecule has 0 unspecified atom stereocenters. The maximum Gasteiger partial charge on any atom is 0.133 e. The summed E-state index contributed by atoms with van der Waals surface area (Å²) in [5, 5.41) is 4.63. The average Bonchev–Trinajstić information content (AvgIpc) is 2.87. The third-order valence-electron chi connectivity index (χ3n) is 3.80. The third kappa shape index (κ3) is 3.69. The number of hydrogen-bond donors (Lipinski definition) is 0. The van der Waals surface area contributed by atoms with E-state index in [9.17, 15) is 4.79 Å². The standard InChI is InChI=1S/C15H24N2O/c1-2-6-15(18)10-9-13-11-12-17(16-13)14-7-4-3-5-8-14/h11-12,14H,2-10H2,1H3. The first-order valence-corrected chi connectivity index (χ1v) is 7.35. The van der Waals surface area contributed by atoms with Crippen LogP contribution in [0.1, 0.15) is 70.0 Å². The molecule has 0 N–H and O–H groups in total. The van der Waals surface area contributed by atoms with Gasteiger partial charge in [-0.05, 0) is 31.7 Å². The Morgan fingerprint density at radius 1 is 1.33 bits per heavy atom. The van der Waals surface area contributed by atoms with E-state index in [4.69, 9.17) is 0 Å². The highest BCUT2D eigenvalue weighted by Gasteiger charge is 2.16. The third-order valence-corrected chi connectivity index (χ3v) is 3.80. The molecule has 0 spiro atoms. The van der Waals surface area contributed by atoms with Gasteiger partial charge < -0.3 is 0 Å². The van der Waals surface area contributed by atoms with Gasteiger partial charge in [-0.25, -0.2) is 0 Å². The van der Waals surface area contributed by atoms with E-state index in [0.717, 1.165) is 18.5 Å². The molecule has 1 saturated carbocycles. The van der Waals surface area contributed by atoms with E-state index >= 15 is 0 Å². The molecule has 1 aliphatic carbocycles. The van der Waals surface area contributed by atoms with Crippen molar-refractivity contribution in [1.82, 2.24) is 9.78 Å². The lowest BCUT2D eigenvalue weighted by atomic mass is 9.96. The number of aromatic nitrogens is 2. The summed E-state index contributed by atoms with van der Waals surface area (Å²) in [6, 6.07) is 2.67. The molecule has 1 aromatic heterocycles. The molecule has 3 heteroatoms. The maximum atomic E-state index is 11.5. The number of carbonyl (C=O) groups excluding carboxylic acids is 1. The Hall–Kier alpha value is -1.12. The lowest BCUT2D eigenvalue weighted by Gasteiger charge is -2.21. The van der Waals surface area contributed by atoms with Gasteiger partial charge in [0.15, 0.2) is 0 Å². The fourth-order valence-electron chi connectivity index (χ4n) is 2.73. The summed E-state index contributed by atoms with van der Waals surface area (Å²) in [7, 11) is 0. The van der Waals surface area contributed by atoms with Crippen molar-refractivity contribution < 1.29 is 4.79 Å². The first-order valence-electron chi connectivity index (χ1n) is 7.35. The zero-order valence-corrected chi connectivity index (χ0v) is 11.4. The molecule has 100 valence electrons. The summed E-state index contributed by atoms with van der Waals surface area (Å²) in [5.74, 6) is 0.365. The highest BCUT2D eigenvalue weighted by molar-refractivity contribution is 5.78. The molecule has 2 rings (SSSR count). The monoisotopic (exact) mass is 248 g/mol. The van der Waals surface area contributed by atoms with E-state index < -0.39 is 0 Å². The lowest BCUT2D eigenvalue weighted by molar-refractivity contribution is -0.119. The molecule has 0 bridgehead atoms. The molecule has 18 heavy (non-hydrogen) atoms. The number of carbonyl (C=O) groups is 1. The largest absolute Gasteiger partial charge is 0.300 e. The second kappa shape index (κ2) is 6.72. The maximum absolute atomic E-state index is 11.5. The zero-order chi connectivity index (χ0) is 12.8. The van der Waals surface area contributed by atoms with Crippen LogP contribution in [0.5, 0.6) is 0 Å². The fraction of sp³-hybridized carbons (Fsp3) is 0.733. The van der Waals surface area contributed by atoms with Crippen molar-refractivity contribution >= 4 is 5.78 Å². The Morgan fingerprint density at radius 3 is 2.83 bits per heavy atom. The Balaban J connectivity index is 1.83. The number of rotatable bonds is 6. The van der Waals surface area contributed by atoms with Crippen LogP contribution in [0.25, 0.3) is 0 Å². The number of nitrogens with zero attached hydrogens (tertiary/aromatic N) is 2. The molecule has 1 aromatic rings. The van der Waals surface area contributed by atoms with Gasteiger partial charge in [-0.1, -0.05) is 26.2 Å². The van der Waals surface area contributed by atoms with Crippen molar-refractivity contribution in [3.63, 3.8) is 0 Å². The molecule has 0 radical (unpaired) electrons. The quantitative estimate of drug-likeness (QED) is 0.769. The number of hydrogen-bond acceptors (Lipinski definition) is 2. The minimum atomic E-state index is 0.365. The van der Waals surface area contributed by atoms with Crippen LogP contribution in [0.3, 0.4) is 0 Å². The highest BCUT2D eigenvalue weighted by atomic mass is 16.1. The summed E-state index contributed by atoms with van der Waals surface area (Å²) < 4.78 is 2.12. The molecule has 0 saturated heterocycles. The molecule has 1 aliphatic rings. The van der Waals surface area contributed by atoms with Gasteiger partial charge in [0.1, 0.15) is 5.78 Å². The first-order chi connectivity index (χ1) is 8.79. The van der Waals surface area contributed by atoms with Crippen molar-refractivity contribution in [3.05, 3.63) is 18.0 Å². The van der Waals surface area contributed by atoms with Crippen LogP contribution >= 0.6 is 0 Å². The van der Waals surface area contributed by atoms with E-state index in [-0.39, 0.29) is 0 Å². The zero-order valence-electron chi connectivity index (χ0n) is 11.4.